The van der Waals surface area contributed by atoms with Crippen molar-refractivity contribution in [2.45, 2.75) is 18.0 Å². The highest BCUT2D eigenvalue weighted by atomic mass is 127. The summed E-state index contributed by atoms with van der Waals surface area (Å²) in [6, 6.07) is 2.46. The summed E-state index contributed by atoms with van der Waals surface area (Å²) in [5.41, 5.74) is -6.13. The van der Waals surface area contributed by atoms with E-state index in [1.807, 2.05) is 0 Å². The normalized spacial score (nSPS) is 13.6. The molecule has 0 aromatic heterocycles. The van der Waals surface area contributed by atoms with Gasteiger partial charge in [-0.2, -0.15) is 26.3 Å². The zero-order chi connectivity index (χ0) is 20.7. The van der Waals surface area contributed by atoms with Crippen molar-refractivity contribution in [3.8, 4) is 0 Å². The SMILES string of the molecule is O=C(OC(CS(=O)(=O)[O-])(C(F)(F)F)C(F)(F)F)c1cc(I)cc(I)c1I. The summed E-state index contributed by atoms with van der Waals surface area (Å²) >= 11 is 4.86. The molecule has 0 radical (unpaired) electrons. The molecule has 1 aromatic carbocycles. The maximum absolute atomic E-state index is 13.1. The van der Waals surface area contributed by atoms with E-state index in [0.29, 0.717) is 7.14 Å². The largest absolute Gasteiger partial charge is 0.748 e. The van der Waals surface area contributed by atoms with E-state index in [9.17, 15) is 44.1 Å². The number of carbonyl (C=O) groups is 1. The van der Waals surface area contributed by atoms with Crippen LogP contribution in [-0.4, -0.2) is 42.6 Å². The third kappa shape index (κ3) is 5.46. The van der Waals surface area contributed by atoms with Crippen LogP contribution in [-0.2, 0) is 14.9 Å². The molecule has 0 amide bonds. The van der Waals surface area contributed by atoms with Crippen LogP contribution in [0.2, 0.25) is 0 Å². The minimum atomic E-state index is -6.40. The average Bonchev–Trinajstić information content (AvgIpc) is 2.37. The van der Waals surface area contributed by atoms with Gasteiger partial charge in [0, 0.05) is 10.7 Å². The molecule has 0 heterocycles. The topological polar surface area (TPSA) is 83.5 Å². The average molecular weight is 743 g/mol. The highest BCUT2D eigenvalue weighted by Gasteiger charge is 2.75. The Hall–Kier alpha value is 0.370. The maximum Gasteiger partial charge on any atom is 0.438 e. The summed E-state index contributed by atoms with van der Waals surface area (Å²) in [5, 5.41) is 0. The number of hydrogen-bond donors (Lipinski definition) is 0. The van der Waals surface area contributed by atoms with Gasteiger partial charge in [0.2, 0.25) is 0 Å². The minimum Gasteiger partial charge on any atom is -0.748 e. The Balaban J connectivity index is 3.58. The molecule has 0 N–H and O–H groups in total. The third-order valence-corrected chi connectivity index (χ3v) is 7.20. The maximum atomic E-state index is 13.1. The fourth-order valence-corrected chi connectivity index (χ4v) is 4.90. The lowest BCUT2D eigenvalue weighted by Gasteiger charge is -2.37. The van der Waals surface area contributed by atoms with E-state index in [1.165, 1.54) is 28.7 Å². The van der Waals surface area contributed by atoms with E-state index >= 15 is 0 Å². The van der Waals surface area contributed by atoms with Crippen molar-refractivity contribution < 1.29 is 48.8 Å². The summed E-state index contributed by atoms with van der Waals surface area (Å²) in [4.78, 5) is 12.0. The number of alkyl halides is 6. The Morgan fingerprint density at radius 2 is 1.50 bits per heavy atom. The Kier molecular flexibility index (Phi) is 7.52. The van der Waals surface area contributed by atoms with E-state index in [0.717, 1.165) is 6.07 Å². The second-order valence-electron chi connectivity index (χ2n) is 4.66. The molecule has 1 rings (SSSR count). The standard InChI is InChI=1S/C11H5F6I3O5S/c12-10(13,14)9(11(15,16)17,3-26(22,23)24)25-8(21)5-1-4(18)2-6(19)7(5)20/h1-2H,3H2,(H,22,23,24)/p-1. The number of esters is 1. The third-order valence-electron chi connectivity index (χ3n) is 2.78. The summed E-state index contributed by atoms with van der Waals surface area (Å²) in [6.45, 7) is 0. The predicted octanol–water partition coefficient (Wildman–Crippen LogP) is 4.07. The fourth-order valence-electron chi connectivity index (χ4n) is 1.64. The first-order valence-corrected chi connectivity index (χ1v) is 10.7. The molecule has 148 valence electrons. The smallest absolute Gasteiger partial charge is 0.438 e. The van der Waals surface area contributed by atoms with Crippen LogP contribution < -0.4 is 0 Å². The summed E-state index contributed by atoms with van der Waals surface area (Å²) in [6.07, 6.45) is -12.8. The van der Waals surface area contributed by atoms with Crippen LogP contribution in [0.25, 0.3) is 0 Å². The van der Waals surface area contributed by atoms with Crippen molar-refractivity contribution in [1.29, 1.82) is 0 Å². The van der Waals surface area contributed by atoms with Gasteiger partial charge in [-0.25, -0.2) is 13.2 Å². The number of ether oxygens (including phenoxy) is 1. The Labute approximate surface area is 183 Å². The second kappa shape index (κ2) is 8.01. The summed E-state index contributed by atoms with van der Waals surface area (Å²) < 4.78 is 115. The fraction of sp³-hybridized carbons (Fsp3) is 0.364. The lowest BCUT2D eigenvalue weighted by atomic mass is 10.1. The zero-order valence-corrected chi connectivity index (χ0v) is 19.0. The van der Waals surface area contributed by atoms with Gasteiger partial charge in [0.15, 0.2) is 0 Å². The Morgan fingerprint density at radius 3 is 1.88 bits per heavy atom. The zero-order valence-electron chi connectivity index (χ0n) is 11.7. The van der Waals surface area contributed by atoms with E-state index in [-0.39, 0.29) is 3.57 Å². The molecule has 1 aromatic rings. The van der Waals surface area contributed by atoms with E-state index in [4.69, 9.17) is 0 Å². The number of hydrogen-bond acceptors (Lipinski definition) is 5. The van der Waals surface area contributed by atoms with Crippen LogP contribution in [0.15, 0.2) is 12.1 Å². The summed E-state index contributed by atoms with van der Waals surface area (Å²) in [7, 11) is -6.07. The number of halogens is 9. The van der Waals surface area contributed by atoms with Crippen molar-refractivity contribution >= 4 is 83.9 Å². The van der Waals surface area contributed by atoms with Crippen molar-refractivity contribution in [3.05, 3.63) is 28.4 Å². The lowest BCUT2D eigenvalue weighted by Crippen LogP contribution is -2.63. The second-order valence-corrected chi connectivity index (χ2v) is 9.55. The van der Waals surface area contributed by atoms with E-state index in [2.05, 4.69) is 4.74 Å². The molecule has 0 spiro atoms. The van der Waals surface area contributed by atoms with Gasteiger partial charge in [-0.3, -0.25) is 0 Å². The van der Waals surface area contributed by atoms with Gasteiger partial charge in [-0.05, 0) is 79.9 Å². The molecule has 0 aliphatic carbocycles. The van der Waals surface area contributed by atoms with Crippen molar-refractivity contribution in [2.24, 2.45) is 0 Å². The van der Waals surface area contributed by atoms with Gasteiger partial charge in [0.05, 0.1) is 21.4 Å². The Bertz CT molecular complexity index is 807. The van der Waals surface area contributed by atoms with Gasteiger partial charge in [-0.15, -0.1) is 0 Å². The van der Waals surface area contributed by atoms with Crippen molar-refractivity contribution in [2.75, 3.05) is 5.75 Å². The Morgan fingerprint density at radius 1 is 1.04 bits per heavy atom. The molecule has 0 unspecified atom stereocenters. The first kappa shape index (κ1) is 24.4. The van der Waals surface area contributed by atoms with Crippen LogP contribution in [0.5, 0.6) is 0 Å². The molecule has 26 heavy (non-hydrogen) atoms. The summed E-state index contributed by atoms with van der Waals surface area (Å²) in [5.74, 6) is -5.10. The number of benzene rings is 1. The monoisotopic (exact) mass is 743 g/mol. The van der Waals surface area contributed by atoms with Crippen molar-refractivity contribution in [1.82, 2.24) is 0 Å². The van der Waals surface area contributed by atoms with Crippen LogP contribution >= 0.6 is 67.8 Å². The quantitative estimate of drug-likeness (QED) is 0.153. The lowest BCUT2D eigenvalue weighted by molar-refractivity contribution is -0.356. The van der Waals surface area contributed by atoms with Gasteiger partial charge >= 0.3 is 23.9 Å². The van der Waals surface area contributed by atoms with Crippen LogP contribution in [0.1, 0.15) is 10.4 Å². The number of carbonyl (C=O) groups excluding carboxylic acids is 1. The minimum absolute atomic E-state index is 0.00292. The molecule has 0 aliphatic heterocycles. The van der Waals surface area contributed by atoms with Gasteiger partial charge < -0.3 is 9.29 Å². The molecule has 0 bridgehead atoms. The molecular formula is C11H4F6I3O5S-. The van der Waals surface area contributed by atoms with Gasteiger partial charge in [-0.1, -0.05) is 0 Å². The molecule has 0 saturated heterocycles. The van der Waals surface area contributed by atoms with E-state index < -0.39 is 45.4 Å². The first-order valence-electron chi connectivity index (χ1n) is 5.86. The van der Waals surface area contributed by atoms with E-state index in [1.54, 1.807) is 45.2 Å². The highest BCUT2D eigenvalue weighted by Crippen LogP contribution is 2.47. The molecular weight excluding hydrogens is 739 g/mol. The van der Waals surface area contributed by atoms with Crippen LogP contribution in [0, 0.1) is 10.7 Å². The van der Waals surface area contributed by atoms with Crippen LogP contribution in [0.3, 0.4) is 0 Å². The molecule has 0 aliphatic rings. The molecule has 0 atom stereocenters. The first-order chi connectivity index (χ1) is 11.4. The molecule has 0 saturated carbocycles. The van der Waals surface area contributed by atoms with Crippen molar-refractivity contribution in [3.63, 3.8) is 0 Å². The molecule has 0 fully saturated rings. The number of rotatable bonds is 4. The predicted molar refractivity (Wildman–Crippen MR) is 99.4 cm³/mol. The molecule has 15 heteroatoms. The van der Waals surface area contributed by atoms with Gasteiger partial charge in [0.25, 0.3) is 0 Å². The highest BCUT2D eigenvalue weighted by molar-refractivity contribution is 14.1. The molecule has 5 nitrogen and oxygen atoms in total. The van der Waals surface area contributed by atoms with Gasteiger partial charge in [0.1, 0.15) is 0 Å². The van der Waals surface area contributed by atoms with Crippen LogP contribution in [0.4, 0.5) is 26.3 Å².